The summed E-state index contributed by atoms with van der Waals surface area (Å²) in [7, 11) is 1.28. The summed E-state index contributed by atoms with van der Waals surface area (Å²) in [5.74, 6) is -1.14. The lowest BCUT2D eigenvalue weighted by Gasteiger charge is -2.15. The molecule has 0 aliphatic carbocycles. The molecule has 0 aliphatic heterocycles. The molecule has 0 heterocycles. The van der Waals surface area contributed by atoms with Crippen LogP contribution in [0.4, 0.5) is 11.4 Å². The van der Waals surface area contributed by atoms with Crippen molar-refractivity contribution in [1.82, 2.24) is 0 Å². The largest absolute Gasteiger partial charge is 0.629 e. The molecular weight excluding hydrogens is 176 g/mol. The van der Waals surface area contributed by atoms with Gasteiger partial charge in [0.1, 0.15) is 5.69 Å². The molecule has 0 saturated heterocycles. The predicted octanol–water partition coefficient (Wildman–Crippen LogP) is 0.140. The molecule has 6 nitrogen and oxygen atoms in total. The molecule has 3 N–H and O–H groups in total. The Bertz CT molecular complexity index is 338. The number of quaternary nitrogens is 1. The van der Waals surface area contributed by atoms with Gasteiger partial charge >= 0.3 is 0 Å². The van der Waals surface area contributed by atoms with E-state index in [2.05, 4.69) is 5.18 Å². The molecule has 0 fully saturated rings. The fourth-order valence-electron chi connectivity index (χ4n) is 0.877. The van der Waals surface area contributed by atoms with Crippen LogP contribution < -0.4 is 5.06 Å². The summed E-state index contributed by atoms with van der Waals surface area (Å²) >= 11 is 0. The standard InChI is InChI=1S/C7H8N2O4/c1-9(13)4-2-5(8-12)7(11)6(10)3-4/h2-3,9-11H,1H3. The number of phenols is 2. The monoisotopic (exact) mass is 184 g/mol. The number of benzene rings is 1. The second-order valence-electron chi connectivity index (χ2n) is 2.51. The highest BCUT2D eigenvalue weighted by Gasteiger charge is 2.11. The fourth-order valence-corrected chi connectivity index (χ4v) is 0.877. The molecule has 0 aromatic heterocycles. The van der Waals surface area contributed by atoms with E-state index in [-0.39, 0.29) is 16.4 Å². The summed E-state index contributed by atoms with van der Waals surface area (Å²) in [4.78, 5) is 10.1. The van der Waals surface area contributed by atoms with Gasteiger partial charge in [-0.15, -0.1) is 4.91 Å². The number of aromatic hydroxyl groups is 2. The van der Waals surface area contributed by atoms with Crippen molar-refractivity contribution in [2.24, 2.45) is 5.18 Å². The molecule has 0 radical (unpaired) electrons. The van der Waals surface area contributed by atoms with Crippen molar-refractivity contribution in [2.75, 3.05) is 7.05 Å². The Morgan fingerprint density at radius 3 is 2.54 bits per heavy atom. The SMILES string of the molecule is C[NH+]([O-])c1cc(O)c(O)c(N=O)c1. The Labute approximate surface area is 73.6 Å². The van der Waals surface area contributed by atoms with Crippen molar-refractivity contribution in [2.45, 2.75) is 0 Å². The van der Waals surface area contributed by atoms with Gasteiger partial charge in [-0.1, -0.05) is 0 Å². The topological polar surface area (TPSA) is 97.4 Å². The first-order chi connectivity index (χ1) is 6.06. The van der Waals surface area contributed by atoms with E-state index in [9.17, 15) is 10.1 Å². The highest BCUT2D eigenvalue weighted by Crippen LogP contribution is 2.37. The van der Waals surface area contributed by atoms with E-state index in [1.54, 1.807) is 0 Å². The van der Waals surface area contributed by atoms with E-state index >= 15 is 0 Å². The van der Waals surface area contributed by atoms with Crippen molar-refractivity contribution in [3.05, 3.63) is 22.2 Å². The molecule has 6 heteroatoms. The van der Waals surface area contributed by atoms with Crippen LogP contribution in [0, 0.1) is 10.1 Å². The van der Waals surface area contributed by atoms with Crippen LogP contribution in [0.5, 0.6) is 11.5 Å². The van der Waals surface area contributed by atoms with Gasteiger partial charge in [-0.3, -0.25) is 0 Å². The third-order valence-electron chi connectivity index (χ3n) is 1.57. The predicted molar refractivity (Wildman–Crippen MR) is 45.1 cm³/mol. The maximum absolute atomic E-state index is 10.8. The second-order valence-corrected chi connectivity index (χ2v) is 2.51. The van der Waals surface area contributed by atoms with Crippen LogP contribution in [-0.4, -0.2) is 17.3 Å². The maximum atomic E-state index is 10.8. The summed E-state index contributed by atoms with van der Waals surface area (Å²) in [6.07, 6.45) is 0. The van der Waals surface area contributed by atoms with Crippen molar-refractivity contribution in [3.63, 3.8) is 0 Å². The second kappa shape index (κ2) is 3.38. The van der Waals surface area contributed by atoms with Gasteiger partial charge in [0.25, 0.3) is 0 Å². The number of nitroso groups, excluding NO2 is 1. The van der Waals surface area contributed by atoms with Crippen LogP contribution in [0.1, 0.15) is 0 Å². The smallest absolute Gasteiger partial charge is 0.187 e. The lowest BCUT2D eigenvalue weighted by Crippen LogP contribution is -2.98. The normalized spacial score (nSPS) is 12.5. The van der Waals surface area contributed by atoms with E-state index in [0.29, 0.717) is 0 Å². The van der Waals surface area contributed by atoms with Gasteiger partial charge in [-0.25, -0.2) is 0 Å². The number of rotatable bonds is 2. The molecule has 1 unspecified atom stereocenters. The van der Waals surface area contributed by atoms with Crippen molar-refractivity contribution in [1.29, 1.82) is 0 Å². The minimum atomic E-state index is -0.611. The van der Waals surface area contributed by atoms with Crippen LogP contribution in [0.25, 0.3) is 0 Å². The third-order valence-corrected chi connectivity index (χ3v) is 1.57. The minimum absolute atomic E-state index is 0.130. The third kappa shape index (κ3) is 1.74. The summed E-state index contributed by atoms with van der Waals surface area (Å²) in [5.41, 5.74) is -0.213. The van der Waals surface area contributed by atoms with Gasteiger partial charge in [-0.2, -0.15) is 0 Å². The molecule has 0 amide bonds. The van der Waals surface area contributed by atoms with Gasteiger partial charge in [0.15, 0.2) is 17.2 Å². The number of hydroxylamine groups is 1. The average Bonchev–Trinajstić information content (AvgIpc) is 2.09. The molecule has 0 bridgehead atoms. The minimum Gasteiger partial charge on any atom is -0.629 e. The van der Waals surface area contributed by atoms with E-state index in [1.807, 2.05) is 0 Å². The van der Waals surface area contributed by atoms with Crippen molar-refractivity contribution in [3.8, 4) is 11.5 Å². The lowest BCUT2D eigenvalue weighted by molar-refractivity contribution is -0.751. The van der Waals surface area contributed by atoms with Gasteiger partial charge in [-0.05, 0) is 5.18 Å². The fraction of sp³-hybridized carbons (Fsp3) is 0.143. The zero-order valence-electron chi connectivity index (χ0n) is 6.81. The Morgan fingerprint density at radius 2 is 2.08 bits per heavy atom. The maximum Gasteiger partial charge on any atom is 0.187 e. The van der Waals surface area contributed by atoms with E-state index in [1.165, 1.54) is 7.05 Å². The van der Waals surface area contributed by atoms with Gasteiger partial charge in [0.2, 0.25) is 0 Å². The molecule has 1 aromatic rings. The number of hydrogen-bond acceptors (Lipinski definition) is 5. The Morgan fingerprint density at radius 1 is 1.46 bits per heavy atom. The Hall–Kier alpha value is -1.66. The molecule has 13 heavy (non-hydrogen) atoms. The zero-order valence-corrected chi connectivity index (χ0v) is 6.81. The zero-order chi connectivity index (χ0) is 10.0. The summed E-state index contributed by atoms with van der Waals surface area (Å²) in [6.45, 7) is 0. The summed E-state index contributed by atoms with van der Waals surface area (Å²) in [5, 5.41) is 31.1. The molecule has 1 aromatic carbocycles. The molecule has 0 spiro atoms. The number of hydrogen-bond donors (Lipinski definition) is 3. The number of nitrogens with zero attached hydrogens (tertiary/aromatic N) is 1. The van der Waals surface area contributed by atoms with Crippen LogP contribution >= 0.6 is 0 Å². The quantitative estimate of drug-likeness (QED) is 0.263. The Kier molecular flexibility index (Phi) is 2.45. The molecular formula is C7H8N2O4. The number of phenolic OH excluding ortho intramolecular Hbond substituents is 2. The molecule has 1 atom stereocenters. The van der Waals surface area contributed by atoms with Gasteiger partial charge in [0.05, 0.1) is 7.05 Å². The lowest BCUT2D eigenvalue weighted by atomic mass is 10.2. The first-order valence-corrected chi connectivity index (χ1v) is 3.46. The van der Waals surface area contributed by atoms with Gasteiger partial charge in [0, 0.05) is 12.1 Å². The van der Waals surface area contributed by atoms with Crippen molar-refractivity contribution < 1.29 is 15.3 Å². The Balaban J connectivity index is 3.30. The van der Waals surface area contributed by atoms with Crippen LogP contribution in [0.15, 0.2) is 17.3 Å². The van der Waals surface area contributed by atoms with Crippen molar-refractivity contribution >= 4 is 11.4 Å². The van der Waals surface area contributed by atoms with E-state index in [0.717, 1.165) is 12.1 Å². The van der Waals surface area contributed by atoms with Crippen LogP contribution in [-0.2, 0) is 0 Å². The van der Waals surface area contributed by atoms with Crippen LogP contribution in [0.2, 0.25) is 0 Å². The van der Waals surface area contributed by atoms with Crippen LogP contribution in [0.3, 0.4) is 0 Å². The summed E-state index contributed by atoms with van der Waals surface area (Å²) in [6, 6.07) is 2.19. The molecule has 70 valence electrons. The molecule has 1 rings (SSSR count). The first kappa shape index (κ1) is 9.43. The van der Waals surface area contributed by atoms with Gasteiger partial charge < -0.3 is 20.5 Å². The highest BCUT2D eigenvalue weighted by molar-refractivity contribution is 5.63. The average molecular weight is 184 g/mol. The highest BCUT2D eigenvalue weighted by atomic mass is 16.5. The molecule has 0 saturated carbocycles. The first-order valence-electron chi connectivity index (χ1n) is 3.46. The summed E-state index contributed by atoms with van der Waals surface area (Å²) < 4.78 is 0. The molecule has 0 aliphatic rings. The van der Waals surface area contributed by atoms with E-state index < -0.39 is 11.5 Å². The van der Waals surface area contributed by atoms with E-state index in [4.69, 9.17) is 10.2 Å². The number of nitrogens with one attached hydrogen (secondary N) is 1.